The van der Waals surface area contributed by atoms with Gasteiger partial charge in [-0.1, -0.05) is 0 Å². The van der Waals surface area contributed by atoms with Crippen LogP contribution in [0, 0.1) is 0 Å². The van der Waals surface area contributed by atoms with Crippen LogP contribution in [0.25, 0.3) is 0 Å². The van der Waals surface area contributed by atoms with Gasteiger partial charge in [0, 0.05) is 0 Å². The molecule has 0 fully saturated rings. The van der Waals surface area contributed by atoms with Crippen molar-refractivity contribution in [3.63, 3.8) is 0 Å². The van der Waals surface area contributed by atoms with Crippen LogP contribution in [0.1, 0.15) is 0 Å². The Kier molecular flexibility index (Phi) is 5.96. The molecule has 0 rings (SSSR count). The highest BCUT2D eigenvalue weighted by atomic mass is 19.4. The molecule has 0 heterocycles. The topological polar surface area (TPSA) is 52.6 Å². The first kappa shape index (κ1) is 22.4. The first-order chi connectivity index (χ1) is 10.3. The molecule has 0 aliphatic rings. The Morgan fingerprint density at radius 3 is 1.46 bits per heavy atom. The third-order valence-electron chi connectivity index (χ3n) is 1.92. The van der Waals surface area contributed by atoms with Gasteiger partial charge < -0.3 is 0 Å². The second kappa shape index (κ2) is 6.38. The highest BCUT2D eigenvalue weighted by Gasteiger charge is 2.71. The van der Waals surface area contributed by atoms with E-state index in [1.807, 2.05) is 0 Å². The van der Waals surface area contributed by atoms with Crippen molar-refractivity contribution in [3.8, 4) is 0 Å². The number of carbonyl (C=O) groups excluding carboxylic acids is 2. The molecule has 0 atom stereocenters. The Hall–Kier alpha value is -1.58. The van der Waals surface area contributed by atoms with E-state index in [0.29, 0.717) is 0 Å². The first-order valence-corrected chi connectivity index (χ1v) is 4.91. The van der Waals surface area contributed by atoms with Crippen LogP contribution in [0.4, 0.5) is 52.7 Å². The van der Waals surface area contributed by atoms with E-state index < -0.39 is 48.9 Å². The molecule has 0 amide bonds. The second-order valence-corrected chi connectivity index (χ2v) is 3.64. The third kappa shape index (κ3) is 4.49. The Bertz CT molecular complexity index is 496. The molecule has 0 saturated heterocycles. The van der Waals surface area contributed by atoms with Crippen molar-refractivity contribution in [2.45, 2.75) is 30.4 Å². The zero-order valence-corrected chi connectivity index (χ0v) is 10.4. The van der Waals surface area contributed by atoms with E-state index in [0.717, 1.165) is 0 Å². The van der Waals surface area contributed by atoms with E-state index >= 15 is 0 Å². The number of halogens is 12. The SMILES string of the molecule is O=C(C(F)(F)F)C(F)(F)C(=O)C(F)(F)OC(F)(F)C(F)(F)OCF. The summed E-state index contributed by atoms with van der Waals surface area (Å²) in [6, 6.07) is 0. The highest BCUT2D eigenvalue weighted by Crippen LogP contribution is 2.42. The molecule has 4 nitrogen and oxygen atoms in total. The predicted molar refractivity (Wildman–Crippen MR) is 44.0 cm³/mol. The lowest BCUT2D eigenvalue weighted by atomic mass is 10.1. The molecule has 24 heavy (non-hydrogen) atoms. The Morgan fingerprint density at radius 2 is 1.12 bits per heavy atom. The number of alkyl halides is 12. The van der Waals surface area contributed by atoms with Crippen molar-refractivity contribution >= 4 is 11.6 Å². The minimum atomic E-state index is -6.71. The van der Waals surface area contributed by atoms with Gasteiger partial charge in [0.25, 0.3) is 0 Å². The standard InChI is InChI=1S/C8H2F12O4/c9-1-23-7(17,18)8(19,20)24-6(15,16)3(22)4(10,11)2(21)5(12,13)14/h1H2. The van der Waals surface area contributed by atoms with Crippen LogP contribution in [-0.2, 0) is 19.1 Å². The Balaban J connectivity index is 5.61. The van der Waals surface area contributed by atoms with Crippen molar-refractivity contribution in [2.75, 3.05) is 6.86 Å². The fraction of sp³-hybridized carbons (Fsp3) is 0.750. The Labute approximate surface area is 122 Å². The van der Waals surface area contributed by atoms with Gasteiger partial charge in [-0.3, -0.25) is 14.3 Å². The summed E-state index contributed by atoms with van der Waals surface area (Å²) in [6.07, 6.45) is -26.1. The monoisotopic (exact) mass is 390 g/mol. The van der Waals surface area contributed by atoms with Gasteiger partial charge in [-0.2, -0.15) is 48.3 Å². The predicted octanol–water partition coefficient (Wildman–Crippen LogP) is 3.06. The van der Waals surface area contributed by atoms with Crippen LogP contribution in [0.15, 0.2) is 0 Å². The number of ketones is 2. The number of ether oxygens (including phenoxy) is 2. The first-order valence-electron chi connectivity index (χ1n) is 4.91. The van der Waals surface area contributed by atoms with Crippen LogP contribution in [0.3, 0.4) is 0 Å². The van der Waals surface area contributed by atoms with Crippen molar-refractivity contribution in [1.29, 1.82) is 0 Å². The summed E-state index contributed by atoms with van der Waals surface area (Å²) in [5, 5.41) is 0. The molecule has 0 aromatic heterocycles. The lowest BCUT2D eigenvalue weighted by Crippen LogP contribution is -2.57. The molecule has 0 aliphatic heterocycles. The fourth-order valence-corrected chi connectivity index (χ4v) is 0.883. The smallest absolute Gasteiger partial charge is 0.282 e. The van der Waals surface area contributed by atoms with E-state index in [9.17, 15) is 62.3 Å². The zero-order valence-electron chi connectivity index (χ0n) is 10.4. The summed E-state index contributed by atoms with van der Waals surface area (Å²) in [4.78, 5) is 20.6. The van der Waals surface area contributed by atoms with E-state index in [1.54, 1.807) is 4.74 Å². The lowest BCUT2D eigenvalue weighted by molar-refractivity contribution is -0.475. The summed E-state index contributed by atoms with van der Waals surface area (Å²) in [6.45, 7) is -2.71. The minimum absolute atomic E-state index is 1.80. The number of rotatable bonds is 8. The highest BCUT2D eigenvalue weighted by molar-refractivity contribution is 6.12. The quantitative estimate of drug-likeness (QED) is 0.473. The van der Waals surface area contributed by atoms with Gasteiger partial charge in [-0.15, -0.1) is 0 Å². The molecular weight excluding hydrogens is 388 g/mol. The van der Waals surface area contributed by atoms with E-state index in [-0.39, 0.29) is 0 Å². The van der Waals surface area contributed by atoms with Gasteiger partial charge in [-0.05, 0) is 0 Å². The molecule has 0 aromatic carbocycles. The average molecular weight is 390 g/mol. The molecule has 0 saturated carbocycles. The molecule has 142 valence electrons. The molecule has 0 spiro atoms. The number of Topliss-reactive ketones (excluding diaryl/α,β-unsaturated/α-hetero) is 2. The van der Waals surface area contributed by atoms with E-state index in [1.165, 1.54) is 0 Å². The maximum Gasteiger partial charge on any atom is 0.456 e. The number of hydrogen-bond acceptors (Lipinski definition) is 4. The third-order valence-corrected chi connectivity index (χ3v) is 1.92. The maximum absolute atomic E-state index is 12.8. The molecule has 0 aromatic rings. The number of hydrogen-bond donors (Lipinski definition) is 0. The van der Waals surface area contributed by atoms with Crippen molar-refractivity contribution < 1.29 is 71.7 Å². The largest absolute Gasteiger partial charge is 0.456 e. The summed E-state index contributed by atoms with van der Waals surface area (Å²) in [7, 11) is 0. The molecule has 0 bridgehead atoms. The van der Waals surface area contributed by atoms with Gasteiger partial charge in [0.15, 0.2) is 6.86 Å². The van der Waals surface area contributed by atoms with Gasteiger partial charge in [0.2, 0.25) is 0 Å². The fourth-order valence-electron chi connectivity index (χ4n) is 0.883. The van der Waals surface area contributed by atoms with Gasteiger partial charge in [0.05, 0.1) is 0 Å². The van der Waals surface area contributed by atoms with Crippen LogP contribution in [0.5, 0.6) is 0 Å². The summed E-state index contributed by atoms with van der Waals surface area (Å²) in [5.74, 6) is -15.5. The van der Waals surface area contributed by atoms with Gasteiger partial charge >= 0.3 is 42.0 Å². The molecule has 0 unspecified atom stereocenters. The molecular formula is C8H2F12O4. The van der Waals surface area contributed by atoms with Crippen molar-refractivity contribution in [2.24, 2.45) is 0 Å². The minimum Gasteiger partial charge on any atom is -0.282 e. The average Bonchev–Trinajstić information content (AvgIpc) is 2.34. The zero-order chi connectivity index (χ0) is 19.8. The van der Waals surface area contributed by atoms with Crippen molar-refractivity contribution in [1.82, 2.24) is 0 Å². The Morgan fingerprint density at radius 1 is 0.708 bits per heavy atom. The van der Waals surface area contributed by atoms with Gasteiger partial charge in [0.1, 0.15) is 0 Å². The van der Waals surface area contributed by atoms with Crippen LogP contribution in [-0.4, -0.2) is 48.9 Å². The summed E-state index contributed by atoms with van der Waals surface area (Å²) in [5.41, 5.74) is 0. The van der Waals surface area contributed by atoms with E-state index in [4.69, 9.17) is 0 Å². The van der Waals surface area contributed by atoms with Crippen LogP contribution in [0.2, 0.25) is 0 Å². The molecule has 0 N–H and O–H groups in total. The van der Waals surface area contributed by atoms with E-state index in [2.05, 4.69) is 4.74 Å². The number of carbonyl (C=O) groups is 2. The second-order valence-electron chi connectivity index (χ2n) is 3.64. The molecule has 16 heteroatoms. The molecule has 0 radical (unpaired) electrons. The maximum atomic E-state index is 12.8. The summed E-state index contributed by atoms with van der Waals surface area (Å²) >= 11 is 0. The normalized spacial score (nSPS) is 14.7. The lowest BCUT2D eigenvalue weighted by Gasteiger charge is -2.28. The van der Waals surface area contributed by atoms with Gasteiger partial charge in [-0.25, -0.2) is 9.13 Å². The summed E-state index contributed by atoms with van der Waals surface area (Å²) < 4.78 is 152. The molecule has 0 aliphatic carbocycles. The van der Waals surface area contributed by atoms with Crippen LogP contribution < -0.4 is 0 Å². The van der Waals surface area contributed by atoms with Crippen LogP contribution >= 0.6 is 0 Å². The van der Waals surface area contributed by atoms with Crippen molar-refractivity contribution in [3.05, 3.63) is 0 Å².